The molecule has 2 aromatic heterocycles. The van der Waals surface area contributed by atoms with E-state index < -0.39 is 0 Å². The van der Waals surface area contributed by atoms with Crippen LogP contribution >= 0.6 is 0 Å². The zero-order chi connectivity index (χ0) is 11.7. The number of anilines is 1. The predicted molar refractivity (Wildman–Crippen MR) is 64.0 cm³/mol. The molecule has 0 saturated carbocycles. The van der Waals surface area contributed by atoms with Crippen molar-refractivity contribution in [3.63, 3.8) is 0 Å². The second kappa shape index (κ2) is 3.86. The topological polar surface area (TPSA) is 60.6 Å². The third-order valence-corrected chi connectivity index (χ3v) is 2.68. The average Bonchev–Trinajstić information content (AvgIpc) is 2.76. The first kappa shape index (κ1) is 9.77. The average molecular weight is 226 g/mol. The maximum absolute atomic E-state index is 5.88. The van der Waals surface area contributed by atoms with Crippen molar-refractivity contribution in [2.75, 3.05) is 5.73 Å². The molecule has 0 amide bonds. The van der Waals surface area contributed by atoms with E-state index in [-0.39, 0.29) is 0 Å². The highest BCUT2D eigenvalue weighted by Crippen LogP contribution is 2.08. The van der Waals surface area contributed by atoms with Gasteiger partial charge in [0.15, 0.2) is 6.67 Å². The molecule has 0 atom stereocenters. The molecule has 1 aromatic carbocycles. The summed E-state index contributed by atoms with van der Waals surface area (Å²) in [6.45, 7) is 0.563. The fourth-order valence-electron chi connectivity index (χ4n) is 1.78. The zero-order valence-electron chi connectivity index (χ0n) is 9.19. The molecule has 0 fully saturated rings. The van der Waals surface area contributed by atoms with Crippen LogP contribution in [0.25, 0.3) is 11.0 Å². The molecule has 5 nitrogen and oxygen atoms in total. The lowest BCUT2D eigenvalue weighted by Gasteiger charge is -2.03. The molecule has 3 aromatic rings. The number of benzene rings is 1. The molecule has 0 bridgehead atoms. The first-order valence-corrected chi connectivity index (χ1v) is 5.37. The van der Waals surface area contributed by atoms with Gasteiger partial charge in [0.05, 0.1) is 11.7 Å². The lowest BCUT2D eigenvalue weighted by molar-refractivity contribution is -0.688. The third kappa shape index (κ3) is 1.71. The van der Waals surface area contributed by atoms with Gasteiger partial charge in [-0.3, -0.25) is 5.73 Å². The van der Waals surface area contributed by atoms with Gasteiger partial charge in [-0.2, -0.15) is 0 Å². The van der Waals surface area contributed by atoms with E-state index in [1.807, 2.05) is 57.9 Å². The molecule has 5 heteroatoms. The van der Waals surface area contributed by atoms with E-state index in [1.165, 1.54) is 0 Å². The first-order valence-electron chi connectivity index (χ1n) is 5.37. The minimum atomic E-state index is 0.563. The van der Waals surface area contributed by atoms with Gasteiger partial charge in [0.25, 0.3) is 5.82 Å². The van der Waals surface area contributed by atoms with E-state index in [4.69, 9.17) is 5.73 Å². The number of fused-ring (bicyclic) bond motifs is 1. The van der Waals surface area contributed by atoms with Crippen LogP contribution in [0.5, 0.6) is 0 Å². The van der Waals surface area contributed by atoms with Crippen molar-refractivity contribution in [2.24, 2.45) is 0 Å². The molecule has 0 radical (unpaired) electrons. The molecule has 17 heavy (non-hydrogen) atoms. The van der Waals surface area contributed by atoms with E-state index in [2.05, 4.69) is 10.3 Å². The molecule has 0 aliphatic heterocycles. The molecule has 84 valence electrons. The maximum Gasteiger partial charge on any atom is 0.273 e. The van der Waals surface area contributed by atoms with E-state index in [9.17, 15) is 0 Å². The Kier molecular flexibility index (Phi) is 2.22. The van der Waals surface area contributed by atoms with Crippen LogP contribution in [0.1, 0.15) is 0 Å². The molecule has 0 saturated heterocycles. The Hall–Kier alpha value is -2.43. The highest BCUT2D eigenvalue weighted by Gasteiger charge is 2.07. The van der Waals surface area contributed by atoms with E-state index in [0.717, 1.165) is 11.0 Å². The summed E-state index contributed by atoms with van der Waals surface area (Å²) in [4.78, 5) is 0. The molecule has 2 N–H and O–H groups in total. The summed E-state index contributed by atoms with van der Waals surface area (Å²) in [5, 5.41) is 8.23. The number of rotatable bonds is 2. The largest absolute Gasteiger partial charge is 0.287 e. The van der Waals surface area contributed by atoms with Gasteiger partial charge in [-0.15, -0.1) is 5.10 Å². The van der Waals surface area contributed by atoms with Gasteiger partial charge in [0, 0.05) is 6.07 Å². The third-order valence-electron chi connectivity index (χ3n) is 2.68. The van der Waals surface area contributed by atoms with Crippen molar-refractivity contribution < 1.29 is 4.57 Å². The van der Waals surface area contributed by atoms with Crippen LogP contribution in [0.3, 0.4) is 0 Å². The number of pyridine rings is 1. The summed E-state index contributed by atoms with van der Waals surface area (Å²) in [5.74, 6) is 0.701. The van der Waals surface area contributed by atoms with E-state index in [0.29, 0.717) is 12.5 Å². The monoisotopic (exact) mass is 226 g/mol. The van der Waals surface area contributed by atoms with E-state index >= 15 is 0 Å². The van der Waals surface area contributed by atoms with Gasteiger partial charge < -0.3 is 0 Å². The second-order valence-corrected chi connectivity index (χ2v) is 3.81. The van der Waals surface area contributed by atoms with Crippen LogP contribution < -0.4 is 10.3 Å². The molecule has 0 aliphatic rings. The molecular formula is C12H12N5+. The number of para-hydroxylation sites is 1. The van der Waals surface area contributed by atoms with Crippen LogP contribution in [0.2, 0.25) is 0 Å². The Balaban J connectivity index is 2.03. The Morgan fingerprint density at radius 1 is 1.12 bits per heavy atom. The van der Waals surface area contributed by atoms with Gasteiger partial charge in [-0.05, 0) is 18.2 Å². The molecule has 2 heterocycles. The minimum Gasteiger partial charge on any atom is -0.287 e. The van der Waals surface area contributed by atoms with E-state index in [1.54, 1.807) is 0 Å². The van der Waals surface area contributed by atoms with Crippen LogP contribution in [0.15, 0.2) is 48.7 Å². The van der Waals surface area contributed by atoms with Crippen molar-refractivity contribution in [2.45, 2.75) is 6.67 Å². The number of aromatic nitrogens is 4. The fraction of sp³-hybridized carbons (Fsp3) is 0.0833. The number of hydrogen-bond donors (Lipinski definition) is 1. The van der Waals surface area contributed by atoms with Crippen molar-refractivity contribution in [3.8, 4) is 0 Å². The van der Waals surface area contributed by atoms with Gasteiger partial charge in [0.1, 0.15) is 5.52 Å². The van der Waals surface area contributed by atoms with Crippen molar-refractivity contribution in [1.82, 2.24) is 15.0 Å². The highest BCUT2D eigenvalue weighted by atomic mass is 15.5. The molecule has 0 unspecified atom stereocenters. The lowest BCUT2D eigenvalue weighted by Crippen LogP contribution is -2.40. The summed E-state index contributed by atoms with van der Waals surface area (Å²) in [6.07, 6.45) is 1.92. The summed E-state index contributed by atoms with van der Waals surface area (Å²) in [7, 11) is 0. The molecule has 0 spiro atoms. The van der Waals surface area contributed by atoms with Gasteiger partial charge in [0.2, 0.25) is 0 Å². The Labute approximate surface area is 98.1 Å². The maximum atomic E-state index is 5.88. The van der Waals surface area contributed by atoms with Crippen LogP contribution in [-0.4, -0.2) is 15.0 Å². The van der Waals surface area contributed by atoms with Crippen LogP contribution in [-0.2, 0) is 6.67 Å². The highest BCUT2D eigenvalue weighted by molar-refractivity contribution is 5.73. The number of nitrogen functional groups attached to an aromatic ring is 1. The standard InChI is InChI=1S/C12H11N5/c13-12-7-3-4-8-16(12)9-17-11-6-2-1-5-10(11)14-15-17/h1-8,13H,9H2/p+1. The van der Waals surface area contributed by atoms with Crippen LogP contribution in [0, 0.1) is 0 Å². The van der Waals surface area contributed by atoms with Crippen LogP contribution in [0.4, 0.5) is 5.82 Å². The predicted octanol–water partition coefficient (Wildman–Crippen LogP) is 0.807. The Morgan fingerprint density at radius 2 is 1.94 bits per heavy atom. The summed E-state index contributed by atoms with van der Waals surface area (Å²) >= 11 is 0. The SMILES string of the molecule is Nc1cccc[n+]1Cn1nnc2ccccc21. The van der Waals surface area contributed by atoms with Crippen molar-refractivity contribution in [1.29, 1.82) is 0 Å². The summed E-state index contributed by atoms with van der Waals surface area (Å²) in [5.41, 5.74) is 7.78. The first-order chi connectivity index (χ1) is 8.34. The van der Waals surface area contributed by atoms with Crippen molar-refractivity contribution >= 4 is 16.9 Å². The molecule has 3 rings (SSSR count). The Morgan fingerprint density at radius 3 is 2.82 bits per heavy atom. The number of nitrogens with two attached hydrogens (primary N) is 1. The zero-order valence-corrected chi connectivity index (χ0v) is 9.19. The van der Waals surface area contributed by atoms with Gasteiger partial charge in [-0.25, -0.2) is 9.25 Å². The summed E-state index contributed by atoms with van der Waals surface area (Å²) < 4.78 is 3.74. The quantitative estimate of drug-likeness (QED) is 0.658. The lowest BCUT2D eigenvalue weighted by atomic mass is 10.3. The van der Waals surface area contributed by atoms with Gasteiger partial charge in [-0.1, -0.05) is 23.4 Å². The van der Waals surface area contributed by atoms with Crippen molar-refractivity contribution in [3.05, 3.63) is 48.7 Å². The normalized spacial score (nSPS) is 10.8. The second-order valence-electron chi connectivity index (χ2n) is 3.81. The number of nitrogens with zero attached hydrogens (tertiary/aromatic N) is 4. The Bertz CT molecular complexity index is 659. The summed E-state index contributed by atoms with van der Waals surface area (Å²) in [6, 6.07) is 13.6. The molecular weight excluding hydrogens is 214 g/mol. The fourth-order valence-corrected chi connectivity index (χ4v) is 1.78. The smallest absolute Gasteiger partial charge is 0.273 e. The molecule has 0 aliphatic carbocycles. The van der Waals surface area contributed by atoms with Gasteiger partial charge >= 0.3 is 0 Å². The number of hydrogen-bond acceptors (Lipinski definition) is 3. The minimum absolute atomic E-state index is 0.563.